The molecule has 0 saturated heterocycles. The summed E-state index contributed by atoms with van der Waals surface area (Å²) in [5, 5.41) is 16.8. The van der Waals surface area contributed by atoms with Gasteiger partial charge in [-0.05, 0) is 109 Å². The van der Waals surface area contributed by atoms with E-state index in [1.54, 1.807) is 0 Å². The third kappa shape index (κ3) is 25.3. The minimum Gasteiger partial charge on any atom is -0.460 e. The smallest absolute Gasteiger partial charge is 0.437 e. The van der Waals surface area contributed by atoms with Crippen molar-refractivity contribution in [2.75, 3.05) is 13.2 Å². The van der Waals surface area contributed by atoms with Crippen molar-refractivity contribution < 1.29 is 74.7 Å². The number of carbonyl (C=O) groups is 2. The fourth-order valence-electron chi connectivity index (χ4n) is 10.5. The fraction of sp³-hybridized carbons (Fsp3) is 0.0805. The van der Waals surface area contributed by atoms with Gasteiger partial charge in [-0.25, -0.2) is 14.6 Å². The summed E-state index contributed by atoms with van der Waals surface area (Å²) in [6.45, 7) is 4.09. The van der Waals surface area contributed by atoms with Crippen molar-refractivity contribution in [3.8, 4) is 0 Å². The van der Waals surface area contributed by atoms with Crippen LogP contribution in [0.15, 0.2) is 378 Å². The summed E-state index contributed by atoms with van der Waals surface area (Å²) in [7, 11) is -1.78. The number of halogens is 7. The van der Waals surface area contributed by atoms with E-state index in [9.17, 15) is 35.9 Å². The molecule has 20 heteroatoms. The molecule has 0 fully saturated rings. The average molecular weight is 1670 g/mol. The first-order chi connectivity index (χ1) is 51.5. The van der Waals surface area contributed by atoms with E-state index < -0.39 is 83.7 Å². The maximum Gasteiger partial charge on any atom is 0.437 e. The Morgan fingerprint density at radius 2 is 0.467 bits per heavy atom. The third-order valence-electron chi connectivity index (χ3n) is 15.0. The van der Waals surface area contributed by atoms with Crippen molar-refractivity contribution in [3.05, 3.63) is 398 Å². The van der Waals surface area contributed by atoms with Crippen LogP contribution in [0.4, 0.5) is 26.3 Å². The minimum absolute atomic E-state index is 0. The topological polar surface area (TPSA) is 105 Å². The van der Waals surface area contributed by atoms with E-state index in [0.29, 0.717) is 0 Å². The maximum atomic E-state index is 12.3. The van der Waals surface area contributed by atoms with Crippen molar-refractivity contribution in [2.24, 2.45) is 0 Å². The molecule has 0 aliphatic heterocycles. The molecule has 0 bridgehead atoms. The molecule has 0 saturated carbocycles. The van der Waals surface area contributed by atoms with Crippen molar-refractivity contribution in [3.63, 3.8) is 0 Å². The van der Waals surface area contributed by atoms with Crippen molar-refractivity contribution >= 4 is 123 Å². The Balaban J connectivity index is 0.000000162. The van der Waals surface area contributed by atoms with E-state index in [4.69, 9.17) is 0 Å². The number of rotatable bonds is 16. The van der Waals surface area contributed by atoms with Crippen LogP contribution in [-0.2, 0) is 42.2 Å². The van der Waals surface area contributed by atoms with Crippen LogP contribution in [-0.4, -0.2) is 35.1 Å². The van der Waals surface area contributed by atoms with Gasteiger partial charge >= 0.3 is 24.3 Å². The van der Waals surface area contributed by atoms with Gasteiger partial charge in [-0.1, -0.05) is 364 Å². The third-order valence-corrected chi connectivity index (χ3v) is 25.1. The number of alkyl halides is 6. The van der Waals surface area contributed by atoms with Gasteiger partial charge in [0, 0.05) is 43.3 Å². The van der Waals surface area contributed by atoms with Crippen LogP contribution < -0.4 is 63.7 Å². The SMILES string of the molecule is CCOC(=O)c1oc(Br)nc1C(F)(F)F.CCOC(=O)c1oc(C)nc1C(F)(F)F.[Pd].c1ccc(P(c2ccccc2)c2ccccc2)cc1.c1ccc(P(c2ccccc2)c2ccccc2)cc1.c1ccc(P(c2ccccc2)c2ccccc2)cc1.c1ccc(P(c2ccccc2)c2ccccc2)cc1. The van der Waals surface area contributed by atoms with Gasteiger partial charge in [0.25, 0.3) is 4.80 Å². The number of aromatic nitrogens is 2. The predicted octanol–water partition coefficient (Wildman–Crippen LogP) is 18.6. The first-order valence-electron chi connectivity index (χ1n) is 33.5. The molecular formula is C87H73BrF6N2O6P4Pd. The fourth-order valence-corrected chi connectivity index (χ4v) is 20.0. The summed E-state index contributed by atoms with van der Waals surface area (Å²) < 4.78 is 91.7. The summed E-state index contributed by atoms with van der Waals surface area (Å²) in [5.74, 6) is -4.43. The second kappa shape index (κ2) is 43.3. The Kier molecular flexibility index (Phi) is 33.6. The Labute approximate surface area is 647 Å². The van der Waals surface area contributed by atoms with Crippen LogP contribution in [0.25, 0.3) is 0 Å². The first-order valence-corrected chi connectivity index (χ1v) is 39.6. The number of hydrogen-bond acceptors (Lipinski definition) is 8. The van der Waals surface area contributed by atoms with Crippen LogP contribution in [0, 0.1) is 6.92 Å². The Hall–Kier alpha value is -9.56. The van der Waals surface area contributed by atoms with Gasteiger partial charge < -0.3 is 18.3 Å². The first kappa shape index (κ1) is 83.1. The van der Waals surface area contributed by atoms with Crippen molar-refractivity contribution in [1.29, 1.82) is 0 Å². The molecule has 0 spiro atoms. The van der Waals surface area contributed by atoms with Crippen LogP contribution in [0.3, 0.4) is 0 Å². The predicted molar refractivity (Wildman–Crippen MR) is 428 cm³/mol. The van der Waals surface area contributed by atoms with Gasteiger partial charge in [0.1, 0.15) is 0 Å². The van der Waals surface area contributed by atoms with E-state index in [2.05, 4.69) is 408 Å². The zero-order valence-corrected chi connectivity index (χ0v) is 64.9. The molecule has 2 aromatic heterocycles. The second-order valence-electron chi connectivity index (χ2n) is 22.4. The number of benzene rings is 12. The molecule has 2 heterocycles. The van der Waals surface area contributed by atoms with E-state index in [0.717, 1.165) is 0 Å². The minimum atomic E-state index is -4.75. The normalized spacial score (nSPS) is 10.7. The van der Waals surface area contributed by atoms with Crippen LogP contribution >= 0.6 is 47.6 Å². The van der Waals surface area contributed by atoms with Crippen LogP contribution in [0.1, 0.15) is 52.2 Å². The number of hydrogen-bond donors (Lipinski definition) is 0. The van der Waals surface area contributed by atoms with Crippen molar-refractivity contribution in [2.45, 2.75) is 33.1 Å². The number of carbonyl (C=O) groups excluding carboxylic acids is 2. The monoisotopic (exact) mass is 1660 g/mol. The van der Waals surface area contributed by atoms with E-state index in [1.165, 1.54) is 84.4 Å². The summed E-state index contributed by atoms with van der Waals surface area (Å²) in [6.07, 6.45) is -9.47. The molecule has 107 heavy (non-hydrogen) atoms. The van der Waals surface area contributed by atoms with E-state index >= 15 is 0 Å². The molecule has 8 nitrogen and oxygen atoms in total. The Morgan fingerprint density at radius 1 is 0.308 bits per heavy atom. The molecule has 0 unspecified atom stereocenters. The van der Waals surface area contributed by atoms with Gasteiger partial charge in [0.2, 0.25) is 11.5 Å². The molecule has 14 rings (SSSR count). The summed E-state index contributed by atoms with van der Waals surface area (Å²) in [5.41, 5.74) is -2.74. The second-order valence-corrected chi connectivity index (χ2v) is 31.9. The maximum absolute atomic E-state index is 12.3. The standard InChI is InChI=1S/4C18H15P.C8H8F3NO3.C7H5BrF3NO3.Pd/c4*1-4-10-16(11-5-1)19(17-12-6-2-7-13-17)18-14-8-3-9-15-18;1-3-14-7(13)5-6(8(9,10)11)12-4(2)15-5;1-2-14-5(13)3-4(7(9,10)11)12-6(8)15-3;/h4*1-15H;3H2,1-2H3;2H2,1H3;. The van der Waals surface area contributed by atoms with E-state index in [-0.39, 0.29) is 39.5 Å². The van der Waals surface area contributed by atoms with Crippen LogP contribution in [0.2, 0.25) is 0 Å². The zero-order valence-electron chi connectivity index (χ0n) is 58.1. The summed E-state index contributed by atoms with van der Waals surface area (Å²) in [6, 6.07) is 129. The molecule has 0 radical (unpaired) electrons. The van der Waals surface area contributed by atoms with Crippen LogP contribution in [0.5, 0.6) is 0 Å². The Morgan fingerprint density at radius 3 is 0.626 bits per heavy atom. The van der Waals surface area contributed by atoms with Gasteiger partial charge in [-0.15, -0.1) is 0 Å². The largest absolute Gasteiger partial charge is 0.460 e. The quantitative estimate of drug-likeness (QED) is 0.0408. The summed E-state index contributed by atoms with van der Waals surface area (Å²) in [4.78, 5) is 27.8. The molecule has 546 valence electrons. The average Bonchev–Trinajstić information content (AvgIpc) is 1.69. The molecule has 14 aromatic rings. The molecule has 0 N–H and O–H groups in total. The van der Waals surface area contributed by atoms with Gasteiger partial charge in [-0.2, -0.15) is 31.3 Å². The zero-order chi connectivity index (χ0) is 74.9. The number of oxazole rings is 2. The van der Waals surface area contributed by atoms with E-state index in [1.807, 2.05) is 0 Å². The molecule has 0 atom stereocenters. The molecule has 0 aliphatic carbocycles. The number of nitrogens with zero attached hydrogens (tertiary/aromatic N) is 2. The van der Waals surface area contributed by atoms with Gasteiger partial charge in [0.15, 0.2) is 17.3 Å². The molecular weight excluding hydrogens is 1590 g/mol. The number of ether oxygens (including phenoxy) is 2. The van der Waals surface area contributed by atoms with Gasteiger partial charge in [0.05, 0.1) is 13.2 Å². The summed E-state index contributed by atoms with van der Waals surface area (Å²) >= 11 is 2.61. The van der Waals surface area contributed by atoms with Gasteiger partial charge in [-0.3, -0.25) is 0 Å². The number of aryl methyl sites for hydroxylation is 1. The van der Waals surface area contributed by atoms with Crippen molar-refractivity contribution in [1.82, 2.24) is 9.97 Å². The molecule has 0 amide bonds. The molecule has 0 aliphatic rings. The molecule has 12 aromatic carbocycles. The Bertz CT molecular complexity index is 3910. The number of esters is 2.